The van der Waals surface area contributed by atoms with E-state index in [1.54, 1.807) is 43.5 Å². The van der Waals surface area contributed by atoms with Crippen LogP contribution in [0.3, 0.4) is 0 Å². The summed E-state index contributed by atoms with van der Waals surface area (Å²) >= 11 is 0. The van der Waals surface area contributed by atoms with Crippen LogP contribution in [0, 0.1) is 5.92 Å². The summed E-state index contributed by atoms with van der Waals surface area (Å²) in [5.74, 6) is 0.398. The number of piperidine rings is 1. The number of aromatic nitrogens is 2. The van der Waals surface area contributed by atoms with Crippen molar-refractivity contribution < 1.29 is 9.53 Å². The molecule has 7 heteroatoms. The minimum Gasteiger partial charge on any atom is -0.464 e. The number of para-hydroxylation sites is 1. The van der Waals surface area contributed by atoms with Crippen LogP contribution in [-0.4, -0.2) is 46.2 Å². The van der Waals surface area contributed by atoms with Crippen LogP contribution < -0.4 is 11.2 Å². The zero-order chi connectivity index (χ0) is 30.4. The van der Waals surface area contributed by atoms with Crippen LogP contribution in [0.2, 0.25) is 0 Å². The van der Waals surface area contributed by atoms with E-state index in [0.717, 1.165) is 49.9 Å². The van der Waals surface area contributed by atoms with Crippen LogP contribution in [0.1, 0.15) is 63.5 Å². The summed E-state index contributed by atoms with van der Waals surface area (Å²) in [6.45, 7) is 8.57. The molecular weight excluding hydrogens is 538 g/mol. The van der Waals surface area contributed by atoms with Gasteiger partial charge >= 0.3 is 11.7 Å². The Labute approximate surface area is 253 Å². The van der Waals surface area contributed by atoms with Gasteiger partial charge in [0.05, 0.1) is 17.5 Å². The molecule has 0 saturated carbocycles. The number of carbonyl (C=O) groups is 1. The molecule has 3 aromatic carbocycles. The van der Waals surface area contributed by atoms with Crippen molar-refractivity contribution >= 4 is 16.9 Å². The molecule has 0 amide bonds. The van der Waals surface area contributed by atoms with E-state index in [1.165, 1.54) is 11.1 Å². The molecule has 0 atom stereocenters. The van der Waals surface area contributed by atoms with Gasteiger partial charge < -0.3 is 9.64 Å². The molecule has 0 radical (unpaired) electrons. The first-order chi connectivity index (χ1) is 20.8. The molecule has 1 aliphatic heterocycles. The van der Waals surface area contributed by atoms with Crippen molar-refractivity contribution in [2.45, 2.75) is 64.5 Å². The SMILES string of the molecule is CCOC(=O)C(C)(C)n1c(=O)c2ccccc2n(CCCCN2CCC(C(c3ccccc3)c3ccccc3)CC2)c1=O. The van der Waals surface area contributed by atoms with Crippen molar-refractivity contribution in [3.05, 3.63) is 117 Å². The van der Waals surface area contributed by atoms with E-state index in [4.69, 9.17) is 4.74 Å². The van der Waals surface area contributed by atoms with E-state index in [9.17, 15) is 14.4 Å². The number of benzene rings is 3. The number of hydrogen-bond donors (Lipinski definition) is 0. The summed E-state index contributed by atoms with van der Waals surface area (Å²) in [4.78, 5) is 42.4. The number of nitrogens with zero attached hydrogens (tertiary/aromatic N) is 3. The molecule has 1 saturated heterocycles. The van der Waals surface area contributed by atoms with Crippen molar-refractivity contribution in [3.8, 4) is 0 Å². The topological polar surface area (TPSA) is 73.5 Å². The highest BCUT2D eigenvalue weighted by Gasteiger charge is 2.35. The Hall–Kier alpha value is -3.97. The van der Waals surface area contributed by atoms with Gasteiger partial charge in [0.1, 0.15) is 5.54 Å². The summed E-state index contributed by atoms with van der Waals surface area (Å²) in [5.41, 5.74) is 1.01. The van der Waals surface area contributed by atoms with Gasteiger partial charge in [0, 0.05) is 12.5 Å². The van der Waals surface area contributed by atoms with Crippen molar-refractivity contribution in [2.75, 3.05) is 26.2 Å². The van der Waals surface area contributed by atoms with Crippen LogP contribution in [0.4, 0.5) is 0 Å². The van der Waals surface area contributed by atoms with Crippen LogP contribution in [0.15, 0.2) is 94.5 Å². The highest BCUT2D eigenvalue weighted by atomic mass is 16.5. The fourth-order valence-corrected chi connectivity index (χ4v) is 6.60. The molecule has 5 rings (SSSR count). The summed E-state index contributed by atoms with van der Waals surface area (Å²) < 4.78 is 7.92. The second-order valence-corrected chi connectivity index (χ2v) is 12.1. The number of unbranched alkanes of at least 4 members (excludes halogenated alkanes) is 1. The Morgan fingerprint density at radius 3 is 2.00 bits per heavy atom. The van der Waals surface area contributed by atoms with Gasteiger partial charge in [-0.15, -0.1) is 0 Å². The van der Waals surface area contributed by atoms with Gasteiger partial charge in [-0.05, 0) is 95.3 Å². The number of esters is 1. The minimum atomic E-state index is -1.42. The first kappa shape index (κ1) is 30.5. The number of aryl methyl sites for hydroxylation is 1. The van der Waals surface area contributed by atoms with E-state index < -0.39 is 22.8 Å². The molecule has 1 aliphatic rings. The van der Waals surface area contributed by atoms with Gasteiger partial charge in [0.15, 0.2) is 0 Å². The minimum absolute atomic E-state index is 0.176. The third kappa shape index (κ3) is 6.52. The van der Waals surface area contributed by atoms with Crippen molar-refractivity contribution in [1.82, 2.24) is 14.0 Å². The molecule has 0 N–H and O–H groups in total. The predicted octanol–water partition coefficient (Wildman–Crippen LogP) is 5.79. The highest BCUT2D eigenvalue weighted by Crippen LogP contribution is 2.38. The van der Waals surface area contributed by atoms with Gasteiger partial charge in [-0.1, -0.05) is 72.8 Å². The number of rotatable bonds is 11. The van der Waals surface area contributed by atoms with Crippen molar-refractivity contribution in [3.63, 3.8) is 0 Å². The predicted molar refractivity (Wildman–Crippen MR) is 172 cm³/mol. The Morgan fingerprint density at radius 2 is 1.40 bits per heavy atom. The maximum atomic E-state index is 13.7. The molecule has 7 nitrogen and oxygen atoms in total. The van der Waals surface area contributed by atoms with Crippen LogP contribution in [-0.2, 0) is 21.6 Å². The van der Waals surface area contributed by atoms with Gasteiger partial charge in [-0.25, -0.2) is 14.2 Å². The molecule has 4 aromatic rings. The summed E-state index contributed by atoms with van der Waals surface area (Å²) in [7, 11) is 0. The lowest BCUT2D eigenvalue weighted by molar-refractivity contribution is -0.152. The molecule has 1 fully saturated rings. The number of fused-ring (bicyclic) bond motifs is 1. The summed E-state index contributed by atoms with van der Waals surface area (Å²) in [6.07, 6.45) is 4.02. The molecule has 2 heterocycles. The average Bonchev–Trinajstić information content (AvgIpc) is 3.02. The fourth-order valence-electron chi connectivity index (χ4n) is 6.60. The zero-order valence-corrected chi connectivity index (χ0v) is 25.6. The molecule has 43 heavy (non-hydrogen) atoms. The number of likely N-dealkylation sites (tertiary alicyclic amines) is 1. The molecule has 0 spiro atoms. The van der Waals surface area contributed by atoms with Gasteiger partial charge in [-0.2, -0.15) is 0 Å². The Kier molecular flexibility index (Phi) is 9.61. The van der Waals surface area contributed by atoms with E-state index in [1.807, 2.05) is 6.07 Å². The maximum absolute atomic E-state index is 13.7. The van der Waals surface area contributed by atoms with E-state index >= 15 is 0 Å². The number of hydrogen-bond acceptors (Lipinski definition) is 5. The quantitative estimate of drug-likeness (QED) is 0.166. The molecule has 0 unspecified atom stereocenters. The summed E-state index contributed by atoms with van der Waals surface area (Å²) in [6, 6.07) is 28.9. The Balaban J connectivity index is 1.25. The monoisotopic (exact) mass is 581 g/mol. The molecule has 0 bridgehead atoms. The maximum Gasteiger partial charge on any atom is 0.332 e. The second kappa shape index (κ2) is 13.6. The van der Waals surface area contributed by atoms with Gasteiger partial charge in [-0.3, -0.25) is 9.36 Å². The molecular formula is C36H43N3O4. The van der Waals surface area contributed by atoms with Gasteiger partial charge in [0.25, 0.3) is 5.56 Å². The number of ether oxygens (including phenoxy) is 1. The van der Waals surface area contributed by atoms with Crippen LogP contribution in [0.5, 0.6) is 0 Å². The molecule has 226 valence electrons. The van der Waals surface area contributed by atoms with E-state index in [0.29, 0.717) is 29.3 Å². The first-order valence-corrected chi connectivity index (χ1v) is 15.6. The lowest BCUT2D eigenvalue weighted by Gasteiger charge is -2.36. The van der Waals surface area contributed by atoms with Crippen LogP contribution in [0.25, 0.3) is 10.9 Å². The fraction of sp³-hybridized carbons (Fsp3) is 0.417. The lowest BCUT2D eigenvalue weighted by atomic mass is 9.76. The average molecular weight is 582 g/mol. The standard InChI is InChI=1S/C36H43N3O4/c1-4-43-34(41)36(2,3)39-33(40)30-19-11-12-20-31(30)38(35(39)42)24-14-13-23-37-25-21-29(22-26-37)32(27-15-7-5-8-16-27)28-17-9-6-10-18-28/h5-12,15-20,29,32H,4,13-14,21-26H2,1-3H3. The highest BCUT2D eigenvalue weighted by molar-refractivity contribution is 5.80. The van der Waals surface area contributed by atoms with Gasteiger partial charge in [0.2, 0.25) is 0 Å². The molecule has 0 aliphatic carbocycles. The molecule has 1 aromatic heterocycles. The first-order valence-electron chi connectivity index (χ1n) is 15.6. The van der Waals surface area contributed by atoms with E-state index in [-0.39, 0.29) is 6.61 Å². The summed E-state index contributed by atoms with van der Waals surface area (Å²) in [5, 5.41) is 0.424. The lowest BCUT2D eigenvalue weighted by Crippen LogP contribution is -2.53. The normalized spacial score (nSPS) is 14.8. The largest absolute Gasteiger partial charge is 0.464 e. The van der Waals surface area contributed by atoms with Crippen LogP contribution >= 0.6 is 0 Å². The smallest absolute Gasteiger partial charge is 0.332 e. The third-order valence-electron chi connectivity index (χ3n) is 8.91. The third-order valence-corrected chi connectivity index (χ3v) is 8.91. The van der Waals surface area contributed by atoms with Crippen molar-refractivity contribution in [1.29, 1.82) is 0 Å². The van der Waals surface area contributed by atoms with Crippen molar-refractivity contribution in [2.24, 2.45) is 5.92 Å². The number of carbonyl (C=O) groups excluding carboxylic acids is 1. The zero-order valence-electron chi connectivity index (χ0n) is 25.6. The Morgan fingerprint density at radius 1 is 0.837 bits per heavy atom. The van der Waals surface area contributed by atoms with E-state index in [2.05, 4.69) is 65.6 Å². The Bertz CT molecular complexity index is 1590. The second-order valence-electron chi connectivity index (χ2n) is 12.1.